The van der Waals surface area contributed by atoms with Crippen molar-refractivity contribution < 1.29 is 15.6 Å². The minimum atomic E-state index is 0.0689. The van der Waals surface area contributed by atoms with Crippen molar-refractivity contribution in [2.24, 2.45) is 0 Å². The number of hydrogen-bond acceptors (Lipinski definition) is 6. The first-order valence-corrected chi connectivity index (χ1v) is 7.27. The van der Waals surface area contributed by atoms with E-state index in [1.165, 1.54) is 0 Å². The second kappa shape index (κ2) is 7.81. The van der Waals surface area contributed by atoms with Gasteiger partial charge in [0, 0.05) is 42.5 Å². The van der Waals surface area contributed by atoms with E-state index in [4.69, 9.17) is 10.2 Å². The maximum Gasteiger partial charge on any atom is 0.229 e. The van der Waals surface area contributed by atoms with Gasteiger partial charge >= 0.3 is 0 Å². The molecule has 0 aliphatic rings. The molecule has 6 nitrogen and oxygen atoms in total. The van der Waals surface area contributed by atoms with Gasteiger partial charge in [0.25, 0.3) is 0 Å². The van der Waals surface area contributed by atoms with E-state index in [1.54, 1.807) is 17.5 Å². The third kappa shape index (κ3) is 4.17. The van der Waals surface area contributed by atoms with E-state index in [9.17, 15) is 0 Å². The van der Waals surface area contributed by atoms with Gasteiger partial charge in [0.05, 0.1) is 13.2 Å². The highest BCUT2D eigenvalue weighted by Crippen LogP contribution is 2.15. The SMILES string of the molecule is OCCN(CCO)c1ccc([NH2+]Nc2nccs2)cc1. The first kappa shape index (κ1) is 14.7. The molecule has 0 saturated heterocycles. The first-order valence-electron chi connectivity index (χ1n) is 6.39. The summed E-state index contributed by atoms with van der Waals surface area (Å²) in [6.45, 7) is 1.17. The van der Waals surface area contributed by atoms with Crippen molar-refractivity contribution in [1.29, 1.82) is 0 Å². The van der Waals surface area contributed by atoms with Gasteiger partial charge in [-0.2, -0.15) is 0 Å². The van der Waals surface area contributed by atoms with Crippen LogP contribution in [0.25, 0.3) is 0 Å². The highest BCUT2D eigenvalue weighted by atomic mass is 32.1. The number of hydrogen-bond donors (Lipinski definition) is 4. The van der Waals surface area contributed by atoms with Crippen LogP contribution in [-0.4, -0.2) is 41.5 Å². The Labute approximate surface area is 121 Å². The molecule has 0 spiro atoms. The zero-order valence-corrected chi connectivity index (χ0v) is 11.9. The number of benzene rings is 1. The van der Waals surface area contributed by atoms with Gasteiger partial charge in [-0.25, -0.2) is 15.8 Å². The van der Waals surface area contributed by atoms with Crippen molar-refractivity contribution in [3.05, 3.63) is 35.8 Å². The Morgan fingerprint density at radius 2 is 1.85 bits per heavy atom. The smallest absolute Gasteiger partial charge is 0.229 e. The number of aliphatic hydroxyl groups is 2. The minimum absolute atomic E-state index is 0.0689. The van der Waals surface area contributed by atoms with Crippen LogP contribution in [0.4, 0.5) is 16.5 Å². The number of nitrogens with two attached hydrogens (primary N) is 1. The molecule has 0 aliphatic carbocycles. The number of rotatable bonds is 8. The predicted molar refractivity (Wildman–Crippen MR) is 80.1 cm³/mol. The fourth-order valence-corrected chi connectivity index (χ4v) is 2.33. The number of nitrogens with zero attached hydrogens (tertiary/aromatic N) is 2. The summed E-state index contributed by atoms with van der Waals surface area (Å²) in [6, 6.07) is 7.91. The molecule has 2 rings (SSSR count). The lowest BCUT2D eigenvalue weighted by Gasteiger charge is -2.22. The number of aromatic nitrogens is 1. The second-order valence-electron chi connectivity index (χ2n) is 4.15. The molecular weight excluding hydrogens is 276 g/mol. The summed E-state index contributed by atoms with van der Waals surface area (Å²) in [5, 5.41) is 20.8. The Morgan fingerprint density at radius 1 is 1.15 bits per heavy atom. The number of nitrogens with one attached hydrogen (secondary N) is 1. The summed E-state index contributed by atoms with van der Waals surface area (Å²) < 4.78 is 0. The minimum Gasteiger partial charge on any atom is -0.395 e. The van der Waals surface area contributed by atoms with Crippen LogP contribution in [0.1, 0.15) is 0 Å². The summed E-state index contributed by atoms with van der Waals surface area (Å²) >= 11 is 1.55. The zero-order valence-electron chi connectivity index (χ0n) is 11.1. The Hall–Kier alpha value is -1.67. The predicted octanol–water partition coefficient (Wildman–Crippen LogP) is 0.156. The molecule has 0 amide bonds. The highest BCUT2D eigenvalue weighted by molar-refractivity contribution is 7.13. The van der Waals surface area contributed by atoms with Gasteiger partial charge in [0.2, 0.25) is 5.13 Å². The van der Waals surface area contributed by atoms with Gasteiger partial charge in [0.1, 0.15) is 0 Å². The van der Waals surface area contributed by atoms with Crippen LogP contribution < -0.4 is 15.8 Å². The lowest BCUT2D eigenvalue weighted by Crippen LogP contribution is -2.82. The maximum atomic E-state index is 9.02. The van der Waals surface area contributed by atoms with Crippen LogP contribution in [0.15, 0.2) is 35.8 Å². The molecule has 5 N–H and O–H groups in total. The van der Waals surface area contributed by atoms with Crippen molar-refractivity contribution in [3.63, 3.8) is 0 Å². The van der Waals surface area contributed by atoms with Crippen molar-refractivity contribution in [2.45, 2.75) is 0 Å². The lowest BCUT2D eigenvalue weighted by atomic mass is 10.2. The molecule has 20 heavy (non-hydrogen) atoms. The largest absolute Gasteiger partial charge is 0.395 e. The molecule has 2 aromatic rings. The molecule has 0 unspecified atom stereocenters. The summed E-state index contributed by atoms with van der Waals surface area (Å²) in [5.74, 6) is 0. The van der Waals surface area contributed by atoms with Gasteiger partial charge < -0.3 is 15.1 Å². The summed E-state index contributed by atoms with van der Waals surface area (Å²) in [6.07, 6.45) is 1.76. The van der Waals surface area contributed by atoms with Crippen LogP contribution >= 0.6 is 11.3 Å². The highest BCUT2D eigenvalue weighted by Gasteiger charge is 2.06. The van der Waals surface area contributed by atoms with Gasteiger partial charge in [-0.05, 0) is 12.1 Å². The molecule has 0 aliphatic heterocycles. The molecule has 1 aromatic carbocycles. The van der Waals surface area contributed by atoms with Crippen LogP contribution in [0.3, 0.4) is 0 Å². The monoisotopic (exact) mass is 295 g/mol. The molecule has 0 fully saturated rings. The van der Waals surface area contributed by atoms with Crippen molar-refractivity contribution in [1.82, 2.24) is 4.98 Å². The molecule has 108 valence electrons. The Bertz CT molecular complexity index is 484. The van der Waals surface area contributed by atoms with Crippen LogP contribution in [0, 0.1) is 0 Å². The number of nitrogen functional groups attached to an aromatic ring is 1. The Morgan fingerprint density at radius 3 is 2.40 bits per heavy atom. The molecule has 0 atom stereocenters. The van der Waals surface area contributed by atoms with E-state index >= 15 is 0 Å². The normalized spacial score (nSPS) is 10.5. The first-order chi connectivity index (χ1) is 9.83. The van der Waals surface area contributed by atoms with Crippen LogP contribution in [0.5, 0.6) is 0 Å². The fraction of sp³-hybridized carbons (Fsp3) is 0.308. The standard InChI is InChI=1S/C13H18N4O2S/c18-8-6-17(7-9-19)12-3-1-11(2-4-12)15-16-13-14-5-10-20-13/h1-5,10,15,18-19H,6-9H2,(H,14,16)/p+1. The number of anilines is 2. The maximum absolute atomic E-state index is 9.02. The summed E-state index contributed by atoms with van der Waals surface area (Å²) in [5.41, 5.74) is 7.05. The van der Waals surface area contributed by atoms with Gasteiger partial charge in [0.15, 0.2) is 5.69 Å². The molecule has 1 heterocycles. The molecule has 7 heteroatoms. The fourth-order valence-electron chi connectivity index (χ4n) is 1.83. The molecule has 0 radical (unpaired) electrons. The van der Waals surface area contributed by atoms with Crippen LogP contribution in [0.2, 0.25) is 0 Å². The molecule has 0 saturated carbocycles. The zero-order chi connectivity index (χ0) is 14.2. The third-order valence-corrected chi connectivity index (χ3v) is 3.50. The van der Waals surface area contributed by atoms with E-state index in [-0.39, 0.29) is 13.2 Å². The summed E-state index contributed by atoms with van der Waals surface area (Å²) in [4.78, 5) is 6.08. The van der Waals surface area contributed by atoms with Crippen molar-refractivity contribution in [3.8, 4) is 0 Å². The van der Waals surface area contributed by atoms with Gasteiger partial charge in [-0.3, -0.25) is 0 Å². The lowest BCUT2D eigenvalue weighted by molar-refractivity contribution is -0.538. The van der Waals surface area contributed by atoms with E-state index in [1.807, 2.05) is 40.0 Å². The molecular formula is C13H19N4O2S+. The molecule has 1 aromatic heterocycles. The Kier molecular flexibility index (Phi) is 5.75. The average molecular weight is 295 g/mol. The van der Waals surface area contributed by atoms with Gasteiger partial charge in [-0.15, -0.1) is 11.3 Å². The van der Waals surface area contributed by atoms with E-state index in [2.05, 4.69) is 10.4 Å². The second-order valence-corrected chi connectivity index (χ2v) is 5.05. The number of thiazole rings is 1. The van der Waals surface area contributed by atoms with E-state index < -0.39 is 0 Å². The average Bonchev–Trinajstić information content (AvgIpc) is 2.99. The summed E-state index contributed by atoms with van der Waals surface area (Å²) in [7, 11) is 0. The van der Waals surface area contributed by atoms with Crippen molar-refractivity contribution in [2.75, 3.05) is 36.6 Å². The van der Waals surface area contributed by atoms with E-state index in [0.717, 1.165) is 16.5 Å². The quantitative estimate of drug-likeness (QED) is 0.317. The van der Waals surface area contributed by atoms with Gasteiger partial charge in [-0.1, -0.05) is 0 Å². The Balaban J connectivity index is 1.94. The van der Waals surface area contributed by atoms with E-state index in [0.29, 0.717) is 13.1 Å². The van der Waals surface area contributed by atoms with Crippen LogP contribution in [-0.2, 0) is 0 Å². The van der Waals surface area contributed by atoms with Crippen molar-refractivity contribution >= 4 is 27.8 Å². The third-order valence-electron chi connectivity index (χ3n) is 2.79. The molecule has 0 bridgehead atoms. The number of aliphatic hydroxyl groups excluding tert-OH is 2. The number of quaternary nitrogens is 1. The topological polar surface area (TPSA) is 85.2 Å².